The van der Waals surface area contributed by atoms with Gasteiger partial charge in [-0.15, -0.1) is 0 Å². The van der Waals surface area contributed by atoms with E-state index in [0.29, 0.717) is 5.69 Å². The van der Waals surface area contributed by atoms with Gasteiger partial charge in [-0.25, -0.2) is 9.59 Å². The van der Waals surface area contributed by atoms with Gasteiger partial charge in [0, 0.05) is 11.3 Å². The lowest BCUT2D eigenvalue weighted by Crippen LogP contribution is -2.15. The first-order valence-corrected chi connectivity index (χ1v) is 7.36. The summed E-state index contributed by atoms with van der Waals surface area (Å²) in [5.74, 6) is -1.29. The second kappa shape index (κ2) is 7.42. The molecule has 2 rings (SSSR count). The zero-order valence-electron chi connectivity index (χ0n) is 12.2. The van der Waals surface area contributed by atoms with Gasteiger partial charge in [0.2, 0.25) is 0 Å². The number of thiophene rings is 1. The van der Waals surface area contributed by atoms with Crippen molar-refractivity contribution in [1.29, 1.82) is 0 Å². The number of hydrogen-bond donors (Lipinski definition) is 1. The highest BCUT2D eigenvalue weighted by molar-refractivity contribution is 7.08. The predicted octanol–water partition coefficient (Wildman–Crippen LogP) is 3.06. The van der Waals surface area contributed by atoms with Gasteiger partial charge in [0.25, 0.3) is 0 Å². The van der Waals surface area contributed by atoms with Gasteiger partial charge in [0.05, 0.1) is 20.3 Å². The van der Waals surface area contributed by atoms with Crippen LogP contribution in [0.4, 0.5) is 5.69 Å². The molecule has 1 aromatic heterocycles. The summed E-state index contributed by atoms with van der Waals surface area (Å²) in [4.78, 5) is 23.2. The van der Waals surface area contributed by atoms with Crippen LogP contribution in [0.5, 0.6) is 0 Å². The Morgan fingerprint density at radius 3 is 2.55 bits per heavy atom. The van der Waals surface area contributed by atoms with E-state index in [2.05, 4.69) is 14.8 Å². The molecule has 1 N–H and O–H groups in total. The summed E-state index contributed by atoms with van der Waals surface area (Å²) in [6.45, 7) is 0. The molecule has 0 radical (unpaired) electrons. The molecule has 0 saturated carbocycles. The lowest BCUT2D eigenvalue weighted by Gasteiger charge is -2.12. The van der Waals surface area contributed by atoms with Gasteiger partial charge < -0.3 is 14.8 Å². The Morgan fingerprint density at radius 2 is 1.91 bits per heavy atom. The van der Waals surface area contributed by atoms with Crippen molar-refractivity contribution >= 4 is 29.0 Å². The van der Waals surface area contributed by atoms with E-state index in [1.807, 2.05) is 41.1 Å². The molecule has 22 heavy (non-hydrogen) atoms. The lowest BCUT2D eigenvalue weighted by atomic mass is 10.1. The van der Waals surface area contributed by atoms with E-state index < -0.39 is 11.9 Å². The number of esters is 2. The topological polar surface area (TPSA) is 64.6 Å². The van der Waals surface area contributed by atoms with E-state index in [-0.39, 0.29) is 5.70 Å². The van der Waals surface area contributed by atoms with E-state index in [1.54, 1.807) is 11.3 Å². The van der Waals surface area contributed by atoms with Crippen LogP contribution in [0, 0.1) is 0 Å². The van der Waals surface area contributed by atoms with Crippen LogP contribution in [0.3, 0.4) is 0 Å². The minimum Gasteiger partial charge on any atom is -0.466 e. The standard InChI is InChI=1S/C16H15NO4S/c1-20-15(18)9-14(16(19)21-2)17-13-6-4-3-5-12(13)11-7-8-22-10-11/h3-10,17H,1-2H3/b14-9+. The molecule has 0 aliphatic carbocycles. The third-order valence-electron chi connectivity index (χ3n) is 2.90. The minimum absolute atomic E-state index is 0.0111. The van der Waals surface area contributed by atoms with E-state index >= 15 is 0 Å². The van der Waals surface area contributed by atoms with Crippen LogP contribution in [-0.2, 0) is 19.1 Å². The maximum absolute atomic E-state index is 11.8. The van der Waals surface area contributed by atoms with E-state index in [1.165, 1.54) is 14.2 Å². The Kier molecular flexibility index (Phi) is 5.32. The number of nitrogens with one attached hydrogen (secondary N) is 1. The van der Waals surface area contributed by atoms with Crippen molar-refractivity contribution in [2.24, 2.45) is 0 Å². The molecule has 0 amide bonds. The third-order valence-corrected chi connectivity index (χ3v) is 3.58. The predicted molar refractivity (Wildman–Crippen MR) is 85.5 cm³/mol. The minimum atomic E-state index is -0.648. The fourth-order valence-electron chi connectivity index (χ4n) is 1.84. The van der Waals surface area contributed by atoms with Gasteiger partial charge in [-0.05, 0) is 28.5 Å². The van der Waals surface area contributed by atoms with Gasteiger partial charge in [0.15, 0.2) is 0 Å². The van der Waals surface area contributed by atoms with Gasteiger partial charge in [-0.2, -0.15) is 11.3 Å². The molecule has 6 heteroatoms. The van der Waals surface area contributed by atoms with Crippen LogP contribution in [0.2, 0.25) is 0 Å². The Labute approximate surface area is 132 Å². The SMILES string of the molecule is COC(=O)/C=C(/Nc1ccccc1-c1ccsc1)C(=O)OC. The van der Waals surface area contributed by atoms with Crippen molar-refractivity contribution in [2.75, 3.05) is 19.5 Å². The Hall–Kier alpha value is -2.60. The fraction of sp³-hybridized carbons (Fsp3) is 0.125. The summed E-state index contributed by atoms with van der Waals surface area (Å²) in [5, 5.41) is 6.91. The number of carbonyl (C=O) groups is 2. The molecule has 0 atom stereocenters. The Bertz CT molecular complexity index is 692. The lowest BCUT2D eigenvalue weighted by molar-refractivity contribution is -0.138. The maximum atomic E-state index is 11.8. The number of hydrogen-bond acceptors (Lipinski definition) is 6. The number of methoxy groups -OCH3 is 2. The van der Waals surface area contributed by atoms with Crippen molar-refractivity contribution in [1.82, 2.24) is 0 Å². The number of rotatable bonds is 5. The van der Waals surface area contributed by atoms with Crippen molar-refractivity contribution in [2.45, 2.75) is 0 Å². The van der Waals surface area contributed by atoms with Crippen molar-refractivity contribution in [3.63, 3.8) is 0 Å². The van der Waals surface area contributed by atoms with Crippen LogP contribution in [0.1, 0.15) is 0 Å². The molecule has 2 aromatic rings. The van der Waals surface area contributed by atoms with Crippen LogP contribution in [0.25, 0.3) is 11.1 Å². The smallest absolute Gasteiger partial charge is 0.354 e. The zero-order chi connectivity index (χ0) is 15.9. The van der Waals surface area contributed by atoms with Crippen molar-refractivity contribution < 1.29 is 19.1 Å². The quantitative estimate of drug-likeness (QED) is 0.678. The first-order chi connectivity index (χ1) is 10.7. The van der Waals surface area contributed by atoms with Crippen LogP contribution in [-0.4, -0.2) is 26.2 Å². The molecule has 0 aliphatic heterocycles. The highest BCUT2D eigenvalue weighted by Gasteiger charge is 2.15. The van der Waals surface area contributed by atoms with E-state index in [9.17, 15) is 9.59 Å². The molecule has 5 nitrogen and oxygen atoms in total. The summed E-state index contributed by atoms with van der Waals surface area (Å²) in [6, 6.07) is 9.47. The Morgan fingerprint density at radius 1 is 1.14 bits per heavy atom. The normalized spacial score (nSPS) is 10.9. The summed E-state index contributed by atoms with van der Waals surface area (Å²) in [7, 11) is 2.49. The van der Waals surface area contributed by atoms with Gasteiger partial charge in [-0.3, -0.25) is 0 Å². The average Bonchev–Trinajstić information content (AvgIpc) is 3.08. The summed E-state index contributed by atoms with van der Waals surface area (Å²) >= 11 is 1.58. The molecular weight excluding hydrogens is 302 g/mol. The molecule has 0 unspecified atom stereocenters. The average molecular weight is 317 g/mol. The van der Waals surface area contributed by atoms with Crippen LogP contribution in [0.15, 0.2) is 52.9 Å². The summed E-state index contributed by atoms with van der Waals surface area (Å²) in [6.07, 6.45) is 1.07. The molecule has 1 aromatic carbocycles. The zero-order valence-corrected chi connectivity index (χ0v) is 13.0. The fourth-order valence-corrected chi connectivity index (χ4v) is 2.50. The molecule has 114 valence electrons. The number of anilines is 1. The summed E-state index contributed by atoms with van der Waals surface area (Å²) < 4.78 is 9.24. The van der Waals surface area contributed by atoms with Gasteiger partial charge >= 0.3 is 11.9 Å². The number of carbonyl (C=O) groups excluding carboxylic acids is 2. The second-order valence-electron chi connectivity index (χ2n) is 4.26. The second-order valence-corrected chi connectivity index (χ2v) is 5.04. The highest BCUT2D eigenvalue weighted by atomic mass is 32.1. The molecular formula is C16H15NO4S. The largest absolute Gasteiger partial charge is 0.466 e. The highest BCUT2D eigenvalue weighted by Crippen LogP contribution is 2.30. The molecule has 0 aliphatic rings. The van der Waals surface area contributed by atoms with Gasteiger partial charge in [-0.1, -0.05) is 18.2 Å². The third kappa shape index (κ3) is 3.73. The van der Waals surface area contributed by atoms with Gasteiger partial charge in [0.1, 0.15) is 5.70 Å². The Balaban J connectivity index is 2.37. The monoisotopic (exact) mass is 317 g/mol. The van der Waals surface area contributed by atoms with E-state index in [0.717, 1.165) is 17.2 Å². The first kappa shape index (κ1) is 15.8. The van der Waals surface area contributed by atoms with Crippen LogP contribution >= 0.6 is 11.3 Å². The molecule has 0 spiro atoms. The number of ether oxygens (including phenoxy) is 2. The van der Waals surface area contributed by atoms with Crippen molar-refractivity contribution in [3.05, 3.63) is 52.9 Å². The maximum Gasteiger partial charge on any atom is 0.354 e. The molecule has 0 saturated heterocycles. The molecule has 0 bridgehead atoms. The van der Waals surface area contributed by atoms with Crippen molar-refractivity contribution in [3.8, 4) is 11.1 Å². The first-order valence-electron chi connectivity index (χ1n) is 6.42. The number of benzene rings is 1. The molecule has 1 heterocycles. The molecule has 0 fully saturated rings. The van der Waals surface area contributed by atoms with Crippen LogP contribution < -0.4 is 5.32 Å². The van der Waals surface area contributed by atoms with E-state index in [4.69, 9.17) is 0 Å². The number of para-hydroxylation sites is 1. The summed E-state index contributed by atoms with van der Waals surface area (Å²) in [5.41, 5.74) is 2.65.